The number of ether oxygens (including phenoxy) is 3. The molecule has 0 bridgehead atoms. The molecule has 24 heavy (non-hydrogen) atoms. The monoisotopic (exact) mass is 348 g/mol. The average molecular weight is 348 g/mol. The Morgan fingerprint density at radius 3 is 2.83 bits per heavy atom. The third-order valence-electron chi connectivity index (χ3n) is 3.52. The van der Waals surface area contributed by atoms with Crippen LogP contribution in [0.5, 0.6) is 11.5 Å². The van der Waals surface area contributed by atoms with Gasteiger partial charge in [0, 0.05) is 12.0 Å². The fourth-order valence-electron chi connectivity index (χ4n) is 2.44. The molecule has 0 fully saturated rings. The van der Waals surface area contributed by atoms with E-state index < -0.39 is 0 Å². The van der Waals surface area contributed by atoms with Gasteiger partial charge in [0.2, 0.25) is 0 Å². The van der Waals surface area contributed by atoms with Gasteiger partial charge in [-0.3, -0.25) is 10.1 Å². The van der Waals surface area contributed by atoms with Gasteiger partial charge in [-0.05, 0) is 32.0 Å². The number of benzene rings is 1. The van der Waals surface area contributed by atoms with E-state index in [0.717, 1.165) is 17.0 Å². The number of thiazole rings is 1. The summed E-state index contributed by atoms with van der Waals surface area (Å²) in [5.41, 5.74) is 1.52. The summed E-state index contributed by atoms with van der Waals surface area (Å²) in [4.78, 5) is 18.0. The van der Waals surface area contributed by atoms with Gasteiger partial charge in [-0.1, -0.05) is 11.3 Å². The molecule has 1 aliphatic heterocycles. The Labute approximate surface area is 144 Å². The van der Waals surface area contributed by atoms with Gasteiger partial charge in [0.15, 0.2) is 16.6 Å². The minimum atomic E-state index is -0.217. The van der Waals surface area contributed by atoms with Crippen molar-refractivity contribution in [3.63, 3.8) is 0 Å². The van der Waals surface area contributed by atoms with Crippen LogP contribution in [0, 0.1) is 0 Å². The molecule has 6 nitrogen and oxygen atoms in total. The van der Waals surface area contributed by atoms with Crippen LogP contribution in [0.3, 0.4) is 0 Å². The fraction of sp³-hybridized carbons (Fsp3) is 0.412. The van der Waals surface area contributed by atoms with E-state index >= 15 is 0 Å². The first kappa shape index (κ1) is 16.7. The Bertz CT molecular complexity index is 706. The molecule has 0 unspecified atom stereocenters. The first-order valence-corrected chi connectivity index (χ1v) is 8.80. The number of rotatable bonds is 6. The Morgan fingerprint density at radius 2 is 2.08 bits per heavy atom. The van der Waals surface area contributed by atoms with Crippen molar-refractivity contribution in [2.45, 2.75) is 26.9 Å². The second-order valence-electron chi connectivity index (χ2n) is 5.17. The highest BCUT2D eigenvalue weighted by molar-refractivity contribution is 7.15. The van der Waals surface area contributed by atoms with Gasteiger partial charge in [-0.25, -0.2) is 4.98 Å². The molecule has 2 heterocycles. The van der Waals surface area contributed by atoms with Crippen molar-refractivity contribution in [2.75, 3.05) is 25.1 Å². The van der Waals surface area contributed by atoms with Crippen LogP contribution >= 0.6 is 11.3 Å². The lowest BCUT2D eigenvalue weighted by Gasteiger charge is -2.12. The Balaban J connectivity index is 1.76. The van der Waals surface area contributed by atoms with E-state index in [1.54, 1.807) is 18.2 Å². The molecular weight excluding hydrogens is 328 g/mol. The summed E-state index contributed by atoms with van der Waals surface area (Å²) in [7, 11) is 0. The van der Waals surface area contributed by atoms with Crippen molar-refractivity contribution in [1.82, 2.24) is 4.98 Å². The third-order valence-corrected chi connectivity index (χ3v) is 4.51. The van der Waals surface area contributed by atoms with Gasteiger partial charge in [0.1, 0.15) is 0 Å². The molecule has 0 spiro atoms. The van der Waals surface area contributed by atoms with Crippen LogP contribution in [-0.4, -0.2) is 30.7 Å². The van der Waals surface area contributed by atoms with E-state index in [1.165, 1.54) is 11.3 Å². The number of hydrogen-bond acceptors (Lipinski definition) is 6. The van der Waals surface area contributed by atoms with E-state index in [4.69, 9.17) is 14.2 Å². The predicted molar refractivity (Wildman–Crippen MR) is 92.2 cm³/mol. The number of nitrogens with one attached hydrogen (secondary N) is 1. The average Bonchev–Trinajstić information content (AvgIpc) is 2.99. The first-order chi connectivity index (χ1) is 11.7. The standard InChI is InChI=1S/C17H20N2O4S/c1-3-22-13-6-5-11(9-14(13)23-4-2)16(20)19-17-18-12-7-8-21-10-15(12)24-17/h5-6,9H,3-4,7-8,10H2,1-2H3,(H,18,19,20). The van der Waals surface area contributed by atoms with Gasteiger partial charge in [0.25, 0.3) is 5.91 Å². The number of carbonyl (C=O) groups is 1. The zero-order valence-electron chi connectivity index (χ0n) is 13.8. The third kappa shape index (κ3) is 3.68. The molecule has 1 aromatic carbocycles. The van der Waals surface area contributed by atoms with Gasteiger partial charge in [-0.2, -0.15) is 0 Å². The summed E-state index contributed by atoms with van der Waals surface area (Å²) >= 11 is 1.46. The topological polar surface area (TPSA) is 69.7 Å². The summed E-state index contributed by atoms with van der Waals surface area (Å²) in [5.74, 6) is 0.989. The van der Waals surface area contributed by atoms with E-state index in [2.05, 4.69) is 10.3 Å². The Hall–Kier alpha value is -2.12. The number of fused-ring (bicyclic) bond motifs is 1. The number of nitrogens with zero attached hydrogens (tertiary/aromatic N) is 1. The fourth-order valence-corrected chi connectivity index (χ4v) is 3.38. The molecule has 2 aromatic rings. The van der Waals surface area contributed by atoms with Crippen LogP contribution in [0.25, 0.3) is 0 Å². The van der Waals surface area contributed by atoms with Crippen LogP contribution in [-0.2, 0) is 17.8 Å². The Kier molecular flexibility index (Phi) is 5.32. The zero-order chi connectivity index (χ0) is 16.9. The highest BCUT2D eigenvalue weighted by Crippen LogP contribution is 2.30. The number of carbonyl (C=O) groups excluding carboxylic acids is 1. The van der Waals surface area contributed by atoms with Gasteiger partial charge >= 0.3 is 0 Å². The van der Waals surface area contributed by atoms with Crippen LogP contribution < -0.4 is 14.8 Å². The molecule has 0 aliphatic carbocycles. The van der Waals surface area contributed by atoms with E-state index in [1.807, 2.05) is 13.8 Å². The second kappa shape index (κ2) is 7.63. The molecule has 0 atom stereocenters. The SMILES string of the molecule is CCOc1ccc(C(=O)Nc2nc3c(s2)COCC3)cc1OCC. The van der Waals surface area contributed by atoms with Crippen molar-refractivity contribution in [1.29, 1.82) is 0 Å². The zero-order valence-corrected chi connectivity index (χ0v) is 14.6. The van der Waals surface area contributed by atoms with Crippen LogP contribution in [0.15, 0.2) is 18.2 Å². The molecule has 1 N–H and O–H groups in total. The molecular formula is C17H20N2O4S. The molecule has 7 heteroatoms. The smallest absolute Gasteiger partial charge is 0.257 e. The van der Waals surface area contributed by atoms with Gasteiger partial charge in [0.05, 0.1) is 37.0 Å². The molecule has 1 amide bonds. The van der Waals surface area contributed by atoms with Crippen molar-refractivity contribution < 1.29 is 19.0 Å². The lowest BCUT2D eigenvalue weighted by atomic mass is 10.2. The lowest BCUT2D eigenvalue weighted by molar-refractivity contribution is 0.102. The highest BCUT2D eigenvalue weighted by Gasteiger charge is 2.18. The summed E-state index contributed by atoms with van der Waals surface area (Å²) < 4.78 is 16.5. The van der Waals surface area contributed by atoms with Crippen LogP contribution in [0.2, 0.25) is 0 Å². The highest BCUT2D eigenvalue weighted by atomic mass is 32.1. The maximum absolute atomic E-state index is 12.5. The van der Waals surface area contributed by atoms with Gasteiger partial charge in [-0.15, -0.1) is 0 Å². The van der Waals surface area contributed by atoms with Crippen LogP contribution in [0.4, 0.5) is 5.13 Å². The summed E-state index contributed by atoms with van der Waals surface area (Å²) in [6.07, 6.45) is 0.791. The molecule has 3 rings (SSSR count). The minimum Gasteiger partial charge on any atom is -0.490 e. The first-order valence-electron chi connectivity index (χ1n) is 7.98. The second-order valence-corrected chi connectivity index (χ2v) is 6.26. The normalized spacial score (nSPS) is 13.2. The van der Waals surface area contributed by atoms with Crippen molar-refractivity contribution >= 4 is 22.4 Å². The maximum Gasteiger partial charge on any atom is 0.257 e. The molecule has 0 radical (unpaired) electrons. The Morgan fingerprint density at radius 1 is 1.29 bits per heavy atom. The van der Waals surface area contributed by atoms with E-state index in [0.29, 0.717) is 48.6 Å². The van der Waals surface area contributed by atoms with Crippen molar-refractivity contribution in [2.24, 2.45) is 0 Å². The summed E-state index contributed by atoms with van der Waals surface area (Å²) in [6, 6.07) is 5.17. The lowest BCUT2D eigenvalue weighted by Crippen LogP contribution is -2.12. The van der Waals surface area contributed by atoms with Crippen molar-refractivity contribution in [3.8, 4) is 11.5 Å². The number of anilines is 1. The molecule has 0 saturated heterocycles. The number of hydrogen-bond donors (Lipinski definition) is 1. The summed E-state index contributed by atoms with van der Waals surface area (Å²) in [5, 5.41) is 3.45. The number of amides is 1. The largest absolute Gasteiger partial charge is 0.490 e. The van der Waals surface area contributed by atoms with E-state index in [9.17, 15) is 4.79 Å². The molecule has 1 aromatic heterocycles. The molecule has 1 aliphatic rings. The van der Waals surface area contributed by atoms with Gasteiger partial charge < -0.3 is 14.2 Å². The maximum atomic E-state index is 12.5. The number of aromatic nitrogens is 1. The minimum absolute atomic E-state index is 0.217. The van der Waals surface area contributed by atoms with E-state index in [-0.39, 0.29) is 5.91 Å². The molecule has 0 saturated carbocycles. The quantitative estimate of drug-likeness (QED) is 0.868. The molecule has 128 valence electrons. The van der Waals surface area contributed by atoms with Crippen LogP contribution in [0.1, 0.15) is 34.8 Å². The van der Waals surface area contributed by atoms with Crippen molar-refractivity contribution in [3.05, 3.63) is 34.3 Å². The summed E-state index contributed by atoms with van der Waals surface area (Å²) in [6.45, 7) is 6.10. The predicted octanol–water partition coefficient (Wildman–Crippen LogP) is 3.27.